The zero-order valence-corrected chi connectivity index (χ0v) is 13.1. The van der Waals surface area contributed by atoms with Crippen LogP contribution in [0.4, 0.5) is 0 Å². The second-order valence-corrected chi connectivity index (χ2v) is 7.34. The predicted octanol–water partition coefficient (Wildman–Crippen LogP) is 1.20. The van der Waals surface area contributed by atoms with Crippen molar-refractivity contribution in [1.29, 1.82) is 0 Å². The van der Waals surface area contributed by atoms with Crippen molar-refractivity contribution < 1.29 is 17.9 Å². The minimum absolute atomic E-state index is 0.0425. The lowest BCUT2D eigenvalue weighted by Gasteiger charge is -2.30. The SMILES string of the molecule is C=CCO[C@H]1[C@H]2CC[C@H]1OCCN2S(=O)(=O)c1cccnc1. The van der Waals surface area contributed by atoms with Crippen LogP contribution in [0.15, 0.2) is 42.1 Å². The molecule has 22 heavy (non-hydrogen) atoms. The summed E-state index contributed by atoms with van der Waals surface area (Å²) in [5.41, 5.74) is 0. The van der Waals surface area contributed by atoms with E-state index in [-0.39, 0.29) is 23.1 Å². The minimum Gasteiger partial charge on any atom is -0.374 e. The molecule has 3 atom stereocenters. The maximum atomic E-state index is 12.9. The minimum atomic E-state index is -3.59. The van der Waals surface area contributed by atoms with Gasteiger partial charge in [0.2, 0.25) is 10.0 Å². The maximum absolute atomic E-state index is 12.9. The zero-order valence-electron chi connectivity index (χ0n) is 12.3. The van der Waals surface area contributed by atoms with Gasteiger partial charge in [-0.2, -0.15) is 4.31 Å². The van der Waals surface area contributed by atoms with E-state index in [9.17, 15) is 8.42 Å². The third-order valence-corrected chi connectivity index (χ3v) is 6.06. The maximum Gasteiger partial charge on any atom is 0.245 e. The Labute approximate surface area is 130 Å². The first-order chi connectivity index (χ1) is 10.6. The second kappa shape index (κ2) is 6.45. The number of ether oxygens (including phenoxy) is 2. The van der Waals surface area contributed by atoms with Gasteiger partial charge in [-0.1, -0.05) is 6.08 Å². The molecule has 0 N–H and O–H groups in total. The van der Waals surface area contributed by atoms with Gasteiger partial charge in [-0.25, -0.2) is 8.42 Å². The summed E-state index contributed by atoms with van der Waals surface area (Å²) < 4.78 is 38.9. The van der Waals surface area contributed by atoms with Crippen molar-refractivity contribution in [2.24, 2.45) is 0 Å². The van der Waals surface area contributed by atoms with E-state index < -0.39 is 10.0 Å². The molecule has 1 aliphatic carbocycles. The van der Waals surface area contributed by atoms with Crippen LogP contribution < -0.4 is 0 Å². The number of aromatic nitrogens is 1. The van der Waals surface area contributed by atoms with Crippen LogP contribution in [0.2, 0.25) is 0 Å². The molecule has 6 nitrogen and oxygen atoms in total. The molecule has 0 aromatic carbocycles. The molecule has 3 rings (SSSR count). The van der Waals surface area contributed by atoms with E-state index in [4.69, 9.17) is 9.47 Å². The van der Waals surface area contributed by atoms with Gasteiger partial charge in [0.15, 0.2) is 0 Å². The summed E-state index contributed by atoms with van der Waals surface area (Å²) >= 11 is 0. The first-order valence-electron chi connectivity index (χ1n) is 7.40. The highest BCUT2D eigenvalue weighted by molar-refractivity contribution is 7.89. The molecular formula is C15H20N2O4S. The van der Waals surface area contributed by atoms with E-state index in [0.717, 1.165) is 12.8 Å². The van der Waals surface area contributed by atoms with Crippen molar-refractivity contribution in [2.75, 3.05) is 19.8 Å². The molecule has 2 bridgehead atoms. The molecule has 1 aromatic heterocycles. The lowest BCUT2D eigenvalue weighted by Crippen LogP contribution is -2.46. The van der Waals surface area contributed by atoms with Crippen LogP contribution in [0.1, 0.15) is 12.8 Å². The molecule has 1 saturated carbocycles. The Bertz CT molecular complexity index is 620. The molecule has 2 aliphatic rings. The van der Waals surface area contributed by atoms with Gasteiger partial charge < -0.3 is 9.47 Å². The average Bonchev–Trinajstić information content (AvgIpc) is 2.80. The standard InChI is InChI=1S/C15H20N2O4S/c1-2-9-21-15-13-5-6-14(15)20-10-8-17(13)22(18,19)12-4-3-7-16-11-12/h2-4,7,11,13-15H,1,5-6,8-10H2/t13-,14-,15+/m1/s1. The van der Waals surface area contributed by atoms with Gasteiger partial charge in [0.1, 0.15) is 11.0 Å². The molecular weight excluding hydrogens is 304 g/mol. The molecule has 2 heterocycles. The largest absolute Gasteiger partial charge is 0.374 e. The summed E-state index contributed by atoms with van der Waals surface area (Å²) in [6, 6.07) is 3.00. The summed E-state index contributed by atoms with van der Waals surface area (Å²) in [7, 11) is -3.59. The number of sulfonamides is 1. The monoisotopic (exact) mass is 324 g/mol. The van der Waals surface area contributed by atoms with Crippen molar-refractivity contribution in [1.82, 2.24) is 9.29 Å². The average molecular weight is 324 g/mol. The van der Waals surface area contributed by atoms with E-state index in [1.807, 2.05) is 0 Å². The fraction of sp³-hybridized carbons (Fsp3) is 0.533. The van der Waals surface area contributed by atoms with Gasteiger partial charge in [-0.05, 0) is 25.0 Å². The third-order valence-electron chi connectivity index (χ3n) is 4.15. The number of hydrogen-bond acceptors (Lipinski definition) is 5. The van der Waals surface area contributed by atoms with Crippen LogP contribution in [0.25, 0.3) is 0 Å². The fourth-order valence-corrected chi connectivity index (χ4v) is 4.80. The Morgan fingerprint density at radius 1 is 1.50 bits per heavy atom. The van der Waals surface area contributed by atoms with Crippen LogP contribution >= 0.6 is 0 Å². The Morgan fingerprint density at radius 2 is 2.36 bits per heavy atom. The van der Waals surface area contributed by atoms with Gasteiger partial charge >= 0.3 is 0 Å². The molecule has 1 saturated heterocycles. The molecule has 1 aliphatic heterocycles. The first kappa shape index (κ1) is 15.6. The Hall–Kier alpha value is -1.28. The summed E-state index contributed by atoms with van der Waals surface area (Å²) in [6.45, 7) is 4.76. The van der Waals surface area contributed by atoms with E-state index >= 15 is 0 Å². The highest BCUT2D eigenvalue weighted by Gasteiger charge is 2.47. The molecule has 7 heteroatoms. The van der Waals surface area contributed by atoms with Crippen LogP contribution in [0.5, 0.6) is 0 Å². The van der Waals surface area contributed by atoms with E-state index in [1.54, 1.807) is 24.4 Å². The van der Waals surface area contributed by atoms with Crippen LogP contribution in [-0.2, 0) is 19.5 Å². The predicted molar refractivity (Wildman–Crippen MR) is 80.8 cm³/mol. The molecule has 0 radical (unpaired) electrons. The molecule has 0 amide bonds. The highest BCUT2D eigenvalue weighted by Crippen LogP contribution is 2.34. The fourth-order valence-electron chi connectivity index (χ4n) is 3.19. The molecule has 2 fully saturated rings. The van der Waals surface area contributed by atoms with Gasteiger partial charge in [0.05, 0.1) is 25.4 Å². The number of hydrogen-bond donors (Lipinski definition) is 0. The van der Waals surface area contributed by atoms with Gasteiger partial charge in [0, 0.05) is 18.9 Å². The van der Waals surface area contributed by atoms with Crippen LogP contribution in [0.3, 0.4) is 0 Å². The second-order valence-electron chi connectivity index (χ2n) is 5.45. The number of nitrogens with zero attached hydrogens (tertiary/aromatic N) is 2. The Morgan fingerprint density at radius 3 is 3.09 bits per heavy atom. The zero-order chi connectivity index (χ0) is 15.6. The quantitative estimate of drug-likeness (QED) is 0.762. The lowest BCUT2D eigenvalue weighted by atomic mass is 10.2. The van der Waals surface area contributed by atoms with Crippen molar-refractivity contribution in [3.63, 3.8) is 0 Å². The summed E-state index contributed by atoms with van der Waals surface area (Å²) in [6.07, 6.45) is 5.88. The first-order valence-corrected chi connectivity index (χ1v) is 8.84. The molecule has 0 unspecified atom stereocenters. The highest BCUT2D eigenvalue weighted by atomic mass is 32.2. The summed E-state index contributed by atoms with van der Waals surface area (Å²) in [4.78, 5) is 4.13. The number of rotatable bonds is 5. The van der Waals surface area contributed by atoms with Crippen molar-refractivity contribution in [3.8, 4) is 0 Å². The van der Waals surface area contributed by atoms with Crippen molar-refractivity contribution in [3.05, 3.63) is 37.2 Å². The van der Waals surface area contributed by atoms with Crippen molar-refractivity contribution >= 4 is 10.0 Å². The van der Waals surface area contributed by atoms with Gasteiger partial charge in [0.25, 0.3) is 0 Å². The van der Waals surface area contributed by atoms with E-state index in [1.165, 1.54) is 10.5 Å². The topological polar surface area (TPSA) is 68.7 Å². The lowest BCUT2D eigenvalue weighted by molar-refractivity contribution is -0.0421. The number of pyridine rings is 1. The number of fused-ring (bicyclic) bond motifs is 2. The van der Waals surface area contributed by atoms with E-state index in [0.29, 0.717) is 19.8 Å². The summed E-state index contributed by atoms with van der Waals surface area (Å²) in [5.74, 6) is 0. The van der Waals surface area contributed by atoms with Crippen LogP contribution in [-0.4, -0.2) is 55.7 Å². The smallest absolute Gasteiger partial charge is 0.245 e. The third kappa shape index (κ3) is 2.81. The van der Waals surface area contributed by atoms with Crippen LogP contribution in [0, 0.1) is 0 Å². The molecule has 120 valence electrons. The Kier molecular flexibility index (Phi) is 4.58. The summed E-state index contributed by atoms with van der Waals surface area (Å²) in [5, 5.41) is 0. The Balaban J connectivity index is 1.90. The van der Waals surface area contributed by atoms with Crippen molar-refractivity contribution in [2.45, 2.75) is 36.0 Å². The van der Waals surface area contributed by atoms with Gasteiger partial charge in [-0.15, -0.1) is 6.58 Å². The molecule has 0 spiro atoms. The van der Waals surface area contributed by atoms with Gasteiger partial charge in [-0.3, -0.25) is 4.98 Å². The normalized spacial score (nSPS) is 29.2. The van der Waals surface area contributed by atoms with E-state index in [2.05, 4.69) is 11.6 Å². The molecule has 1 aromatic rings.